The predicted octanol–water partition coefficient (Wildman–Crippen LogP) is 4.14. The van der Waals surface area contributed by atoms with Crippen molar-refractivity contribution in [2.24, 2.45) is 0 Å². The number of carbonyl (C=O) groups excluding carboxylic acids is 2. The number of benzene rings is 3. The summed E-state index contributed by atoms with van der Waals surface area (Å²) in [6, 6.07) is 21.1. The van der Waals surface area contributed by atoms with Gasteiger partial charge < -0.3 is 24.4 Å². The molecule has 2 amide bonds. The smallest absolute Gasteiger partial charge is 0.243 e. The van der Waals surface area contributed by atoms with Gasteiger partial charge in [0, 0.05) is 38.5 Å². The van der Waals surface area contributed by atoms with E-state index >= 15 is 0 Å². The van der Waals surface area contributed by atoms with Crippen molar-refractivity contribution < 1.29 is 32.2 Å². The van der Waals surface area contributed by atoms with Crippen molar-refractivity contribution in [2.75, 3.05) is 37.6 Å². The van der Waals surface area contributed by atoms with Gasteiger partial charge in [-0.2, -0.15) is 0 Å². The van der Waals surface area contributed by atoms with Crippen molar-refractivity contribution in [3.63, 3.8) is 0 Å². The lowest BCUT2D eigenvalue weighted by atomic mass is 10.0. The number of sulfonamides is 1. The lowest BCUT2D eigenvalue weighted by Gasteiger charge is -2.32. The van der Waals surface area contributed by atoms with Crippen LogP contribution in [-0.2, 0) is 32.6 Å². The zero-order valence-electron chi connectivity index (χ0n) is 24.8. The van der Waals surface area contributed by atoms with Crippen molar-refractivity contribution in [1.29, 1.82) is 0 Å². The number of nitrogens with zero attached hydrogens (tertiary/aromatic N) is 2. The topological polar surface area (TPSA) is 114 Å². The molecular weight excluding hydrogens is 570 g/mol. The third-order valence-corrected chi connectivity index (χ3v) is 8.30. The first-order valence-corrected chi connectivity index (χ1v) is 16.2. The van der Waals surface area contributed by atoms with Crippen molar-refractivity contribution in [3.05, 3.63) is 83.9 Å². The zero-order valence-corrected chi connectivity index (χ0v) is 25.6. The van der Waals surface area contributed by atoms with Gasteiger partial charge in [0.05, 0.1) is 19.1 Å². The Balaban J connectivity index is 1.58. The van der Waals surface area contributed by atoms with E-state index in [0.29, 0.717) is 35.9 Å². The number of hydrogen-bond acceptors (Lipinski definition) is 7. The Morgan fingerprint density at radius 3 is 2.44 bits per heavy atom. The summed E-state index contributed by atoms with van der Waals surface area (Å²) < 4.78 is 42.9. The van der Waals surface area contributed by atoms with Gasteiger partial charge in [0.2, 0.25) is 28.6 Å². The van der Waals surface area contributed by atoms with Crippen LogP contribution in [0.15, 0.2) is 72.8 Å². The van der Waals surface area contributed by atoms with E-state index < -0.39 is 16.1 Å². The third kappa shape index (κ3) is 8.63. The number of rotatable bonds is 15. The number of carbonyl (C=O) groups is 2. The number of methoxy groups -OCH3 is 1. The van der Waals surface area contributed by atoms with Crippen LogP contribution in [0, 0.1) is 0 Å². The molecule has 3 aromatic rings. The van der Waals surface area contributed by atoms with E-state index in [-0.39, 0.29) is 44.5 Å². The zero-order chi connectivity index (χ0) is 30.8. The normalized spacial score (nSPS) is 12.8. The SMILES string of the molecule is CCCNC(=O)C(Cc1ccccc1)N(Cc1cccc(OC)c1)C(=O)CCCN(c1ccc2c(c1)OCO2)S(C)(=O)=O. The molecule has 3 aromatic carbocycles. The summed E-state index contributed by atoms with van der Waals surface area (Å²) in [6.45, 7) is 2.79. The molecule has 0 saturated carbocycles. The van der Waals surface area contributed by atoms with E-state index in [9.17, 15) is 18.0 Å². The van der Waals surface area contributed by atoms with E-state index in [1.807, 2.05) is 61.5 Å². The van der Waals surface area contributed by atoms with Crippen molar-refractivity contribution in [3.8, 4) is 17.2 Å². The molecule has 4 rings (SSSR count). The molecule has 230 valence electrons. The summed E-state index contributed by atoms with van der Waals surface area (Å²) in [6.07, 6.45) is 2.49. The first kappa shape index (κ1) is 31.7. The summed E-state index contributed by atoms with van der Waals surface area (Å²) in [7, 11) is -2.08. The Kier molecular flexibility index (Phi) is 10.9. The molecule has 0 radical (unpaired) electrons. The quantitative estimate of drug-likeness (QED) is 0.276. The number of anilines is 1. The van der Waals surface area contributed by atoms with Gasteiger partial charge in [0.15, 0.2) is 11.5 Å². The van der Waals surface area contributed by atoms with Gasteiger partial charge in [-0.15, -0.1) is 0 Å². The van der Waals surface area contributed by atoms with Crippen LogP contribution in [0.25, 0.3) is 0 Å². The molecule has 10 nitrogen and oxygen atoms in total. The Bertz CT molecular complexity index is 1500. The fourth-order valence-corrected chi connectivity index (χ4v) is 5.89. The number of hydrogen-bond donors (Lipinski definition) is 1. The highest BCUT2D eigenvalue weighted by atomic mass is 32.2. The summed E-state index contributed by atoms with van der Waals surface area (Å²) in [5.41, 5.74) is 2.16. The minimum atomic E-state index is -3.66. The minimum absolute atomic E-state index is 0.0346. The van der Waals surface area contributed by atoms with Gasteiger partial charge in [-0.3, -0.25) is 13.9 Å². The summed E-state index contributed by atoms with van der Waals surface area (Å²) in [4.78, 5) is 29.1. The van der Waals surface area contributed by atoms with Gasteiger partial charge in [-0.1, -0.05) is 49.4 Å². The van der Waals surface area contributed by atoms with Gasteiger partial charge in [0.25, 0.3) is 0 Å². The van der Waals surface area contributed by atoms with Gasteiger partial charge in [0.1, 0.15) is 11.8 Å². The molecule has 0 aliphatic carbocycles. The van der Waals surface area contributed by atoms with E-state index in [1.165, 1.54) is 4.31 Å². The number of ether oxygens (including phenoxy) is 3. The second kappa shape index (κ2) is 14.8. The Hall–Kier alpha value is -4.25. The van der Waals surface area contributed by atoms with Gasteiger partial charge >= 0.3 is 0 Å². The van der Waals surface area contributed by atoms with Crippen LogP contribution in [0.4, 0.5) is 5.69 Å². The molecular formula is C32H39N3O7S. The Morgan fingerprint density at radius 1 is 0.977 bits per heavy atom. The van der Waals surface area contributed by atoms with E-state index in [1.54, 1.807) is 30.2 Å². The average molecular weight is 610 g/mol. The second-order valence-electron chi connectivity index (χ2n) is 10.3. The van der Waals surface area contributed by atoms with E-state index in [2.05, 4.69) is 5.32 Å². The summed E-state index contributed by atoms with van der Waals surface area (Å²) in [5, 5.41) is 2.97. The molecule has 1 aliphatic rings. The molecule has 43 heavy (non-hydrogen) atoms. The highest BCUT2D eigenvalue weighted by molar-refractivity contribution is 7.92. The van der Waals surface area contributed by atoms with Gasteiger partial charge in [-0.05, 0) is 48.2 Å². The van der Waals surface area contributed by atoms with Crippen LogP contribution in [0.3, 0.4) is 0 Å². The maximum absolute atomic E-state index is 13.9. The van der Waals surface area contributed by atoms with Crippen LogP contribution in [0.2, 0.25) is 0 Å². The fraction of sp³-hybridized carbons (Fsp3) is 0.375. The molecule has 0 saturated heterocycles. The molecule has 0 spiro atoms. The maximum Gasteiger partial charge on any atom is 0.243 e. The molecule has 0 bridgehead atoms. The van der Waals surface area contributed by atoms with Crippen LogP contribution in [0.5, 0.6) is 17.2 Å². The second-order valence-corrected chi connectivity index (χ2v) is 12.3. The molecule has 1 aliphatic heterocycles. The number of nitrogens with one attached hydrogen (secondary N) is 1. The number of fused-ring (bicyclic) bond motifs is 1. The average Bonchev–Trinajstić information content (AvgIpc) is 3.48. The lowest BCUT2D eigenvalue weighted by molar-refractivity contribution is -0.141. The molecule has 1 unspecified atom stereocenters. The van der Waals surface area contributed by atoms with E-state index in [4.69, 9.17) is 14.2 Å². The molecule has 11 heteroatoms. The van der Waals surface area contributed by atoms with Crippen molar-refractivity contribution in [1.82, 2.24) is 10.2 Å². The lowest BCUT2D eigenvalue weighted by Crippen LogP contribution is -2.50. The minimum Gasteiger partial charge on any atom is -0.497 e. The molecule has 1 atom stereocenters. The Morgan fingerprint density at radius 2 is 1.72 bits per heavy atom. The van der Waals surface area contributed by atoms with Crippen molar-refractivity contribution in [2.45, 2.75) is 45.2 Å². The largest absolute Gasteiger partial charge is 0.497 e. The predicted molar refractivity (Wildman–Crippen MR) is 165 cm³/mol. The molecule has 1 N–H and O–H groups in total. The van der Waals surface area contributed by atoms with E-state index in [0.717, 1.165) is 23.8 Å². The first-order valence-electron chi connectivity index (χ1n) is 14.3. The summed E-state index contributed by atoms with van der Waals surface area (Å²) >= 11 is 0. The monoisotopic (exact) mass is 609 g/mol. The summed E-state index contributed by atoms with van der Waals surface area (Å²) in [5.74, 6) is 1.17. The molecule has 0 fully saturated rings. The van der Waals surface area contributed by atoms with Crippen LogP contribution < -0.4 is 23.8 Å². The first-order chi connectivity index (χ1) is 20.7. The third-order valence-electron chi connectivity index (χ3n) is 7.10. The number of amides is 2. The maximum atomic E-state index is 13.9. The van der Waals surface area contributed by atoms with Crippen LogP contribution >= 0.6 is 0 Å². The Labute approximate surface area is 253 Å². The molecule has 1 heterocycles. The molecule has 0 aromatic heterocycles. The van der Waals surface area contributed by atoms with Crippen LogP contribution in [0.1, 0.15) is 37.3 Å². The standard InChI is InChI=1S/C32H39N3O7S/c1-4-17-33-32(37)28(20-24-10-6-5-7-11-24)34(22-25-12-8-13-27(19-25)40-2)31(36)14-9-18-35(43(3,38)39)26-15-16-29-30(21-26)42-23-41-29/h5-8,10-13,15-16,19,21,28H,4,9,14,17-18,20,22-23H2,1-3H3,(H,33,37). The van der Waals surface area contributed by atoms with Crippen LogP contribution in [-0.4, -0.2) is 64.4 Å². The van der Waals surface area contributed by atoms with Gasteiger partial charge in [-0.25, -0.2) is 8.42 Å². The van der Waals surface area contributed by atoms with Crippen molar-refractivity contribution >= 4 is 27.5 Å². The fourth-order valence-electron chi connectivity index (χ4n) is 4.93. The highest BCUT2D eigenvalue weighted by Gasteiger charge is 2.30. The highest BCUT2D eigenvalue weighted by Crippen LogP contribution is 2.36.